The average molecular weight is 298 g/mol. The maximum Gasteiger partial charge on any atom is 0.235 e. The molecule has 1 amide bonds. The van der Waals surface area contributed by atoms with Crippen LogP contribution in [0.1, 0.15) is 5.56 Å². The number of ether oxygens (including phenoxy) is 1. The molecule has 0 aliphatic carbocycles. The molecule has 0 fully saturated rings. The van der Waals surface area contributed by atoms with Gasteiger partial charge < -0.3 is 10.1 Å². The van der Waals surface area contributed by atoms with Gasteiger partial charge in [-0.2, -0.15) is 4.31 Å². The zero-order valence-electron chi connectivity index (χ0n) is 11.5. The Morgan fingerprint density at radius 3 is 2.80 bits per heavy atom. The van der Waals surface area contributed by atoms with E-state index in [9.17, 15) is 13.2 Å². The van der Waals surface area contributed by atoms with Crippen LogP contribution < -0.4 is 10.1 Å². The molecule has 7 heteroatoms. The van der Waals surface area contributed by atoms with Gasteiger partial charge in [-0.25, -0.2) is 8.42 Å². The van der Waals surface area contributed by atoms with Crippen LogP contribution in [-0.4, -0.2) is 51.1 Å². The molecule has 0 unspecified atom stereocenters. The number of para-hydroxylation sites is 1. The van der Waals surface area contributed by atoms with Crippen LogP contribution in [0, 0.1) is 0 Å². The van der Waals surface area contributed by atoms with E-state index in [0.29, 0.717) is 6.54 Å². The third-order valence-corrected chi connectivity index (χ3v) is 4.43. The Kier molecular flexibility index (Phi) is 4.29. The van der Waals surface area contributed by atoms with E-state index in [-0.39, 0.29) is 18.6 Å². The molecule has 1 aliphatic rings. The number of carbonyl (C=O) groups is 1. The number of benzene rings is 1. The SMILES string of the molecule is CN(CC(=O)NC[C@H]1Cc2ccccc2O1)S(C)(=O)=O. The van der Waals surface area contributed by atoms with Gasteiger partial charge in [-0.1, -0.05) is 18.2 Å². The summed E-state index contributed by atoms with van der Waals surface area (Å²) in [5.74, 6) is 0.512. The van der Waals surface area contributed by atoms with Gasteiger partial charge in [0, 0.05) is 13.5 Å². The number of carbonyl (C=O) groups excluding carboxylic acids is 1. The van der Waals surface area contributed by atoms with E-state index < -0.39 is 10.0 Å². The molecule has 1 aromatic carbocycles. The molecular weight excluding hydrogens is 280 g/mol. The van der Waals surface area contributed by atoms with Gasteiger partial charge in [-0.3, -0.25) is 4.79 Å². The molecule has 0 bridgehead atoms. The van der Waals surface area contributed by atoms with Crippen LogP contribution >= 0.6 is 0 Å². The number of fused-ring (bicyclic) bond motifs is 1. The van der Waals surface area contributed by atoms with Gasteiger partial charge in [0.1, 0.15) is 11.9 Å². The van der Waals surface area contributed by atoms with Crippen LogP contribution in [0.2, 0.25) is 0 Å². The highest BCUT2D eigenvalue weighted by molar-refractivity contribution is 7.88. The Morgan fingerprint density at radius 1 is 1.45 bits per heavy atom. The third-order valence-electron chi connectivity index (χ3n) is 3.17. The molecule has 1 aliphatic heterocycles. The molecule has 1 N–H and O–H groups in total. The fraction of sp³-hybridized carbons (Fsp3) is 0.462. The molecule has 0 saturated carbocycles. The lowest BCUT2D eigenvalue weighted by molar-refractivity contribution is -0.121. The van der Waals surface area contributed by atoms with Crippen molar-refractivity contribution in [1.82, 2.24) is 9.62 Å². The predicted octanol–water partition coefficient (Wildman–Crippen LogP) is -0.00230. The van der Waals surface area contributed by atoms with Crippen molar-refractivity contribution in [3.05, 3.63) is 29.8 Å². The van der Waals surface area contributed by atoms with Crippen LogP contribution in [0.4, 0.5) is 0 Å². The van der Waals surface area contributed by atoms with Crippen molar-refractivity contribution < 1.29 is 17.9 Å². The van der Waals surface area contributed by atoms with Crippen LogP contribution in [0.25, 0.3) is 0 Å². The first kappa shape index (κ1) is 14.8. The molecule has 110 valence electrons. The van der Waals surface area contributed by atoms with Gasteiger partial charge in [-0.15, -0.1) is 0 Å². The summed E-state index contributed by atoms with van der Waals surface area (Å²) < 4.78 is 29.1. The Labute approximate surface area is 118 Å². The summed E-state index contributed by atoms with van der Waals surface area (Å²) in [4.78, 5) is 11.7. The monoisotopic (exact) mass is 298 g/mol. The lowest BCUT2D eigenvalue weighted by atomic mass is 10.1. The molecule has 0 spiro atoms. The molecular formula is C13H18N2O4S. The standard InChI is InChI=1S/C13H18N2O4S/c1-15(20(2,17)18)9-13(16)14-8-11-7-10-5-3-4-6-12(10)19-11/h3-6,11H,7-9H2,1-2H3,(H,14,16)/t11-/m1/s1. The van der Waals surface area contributed by atoms with E-state index >= 15 is 0 Å². The van der Waals surface area contributed by atoms with Crippen molar-refractivity contribution in [2.45, 2.75) is 12.5 Å². The smallest absolute Gasteiger partial charge is 0.235 e. The fourth-order valence-electron chi connectivity index (χ4n) is 1.97. The van der Waals surface area contributed by atoms with E-state index in [2.05, 4.69) is 5.32 Å². The minimum atomic E-state index is -3.34. The van der Waals surface area contributed by atoms with Crippen molar-refractivity contribution in [2.75, 3.05) is 26.4 Å². The van der Waals surface area contributed by atoms with E-state index in [0.717, 1.165) is 28.3 Å². The topological polar surface area (TPSA) is 75.7 Å². The Morgan fingerprint density at radius 2 is 2.15 bits per heavy atom. The van der Waals surface area contributed by atoms with Gasteiger partial charge in [0.15, 0.2) is 0 Å². The quantitative estimate of drug-likeness (QED) is 0.830. The summed E-state index contributed by atoms with van der Waals surface area (Å²) in [6.45, 7) is 0.184. The maximum atomic E-state index is 11.7. The second-order valence-corrected chi connectivity index (χ2v) is 6.96. The molecule has 6 nitrogen and oxygen atoms in total. The number of amides is 1. The second-order valence-electron chi connectivity index (χ2n) is 4.87. The molecule has 1 heterocycles. The van der Waals surface area contributed by atoms with Crippen molar-refractivity contribution in [3.63, 3.8) is 0 Å². The summed E-state index contributed by atoms with van der Waals surface area (Å²) in [5.41, 5.74) is 1.13. The number of nitrogens with zero attached hydrogens (tertiary/aromatic N) is 1. The van der Waals surface area contributed by atoms with Crippen molar-refractivity contribution in [3.8, 4) is 5.75 Å². The minimum absolute atomic E-state index is 0.0973. The Balaban J connectivity index is 1.79. The Bertz CT molecular complexity index is 575. The van der Waals surface area contributed by atoms with Crippen molar-refractivity contribution >= 4 is 15.9 Å². The van der Waals surface area contributed by atoms with E-state index in [1.165, 1.54) is 7.05 Å². The molecule has 20 heavy (non-hydrogen) atoms. The summed E-state index contributed by atoms with van der Waals surface area (Å²) in [6.07, 6.45) is 1.72. The van der Waals surface area contributed by atoms with E-state index in [1.807, 2.05) is 24.3 Å². The largest absolute Gasteiger partial charge is 0.488 e. The number of likely N-dealkylation sites (N-methyl/N-ethyl adjacent to an activating group) is 1. The predicted molar refractivity (Wildman–Crippen MR) is 75.0 cm³/mol. The van der Waals surface area contributed by atoms with Gasteiger partial charge in [0.25, 0.3) is 0 Å². The molecule has 1 atom stereocenters. The van der Waals surface area contributed by atoms with Crippen LogP contribution in [0.15, 0.2) is 24.3 Å². The summed E-state index contributed by atoms with van der Waals surface area (Å²) in [5, 5.41) is 2.69. The molecule has 1 aromatic rings. The lowest BCUT2D eigenvalue weighted by Crippen LogP contribution is -2.41. The Hall–Kier alpha value is -1.60. The normalized spacial score (nSPS) is 17.6. The lowest BCUT2D eigenvalue weighted by Gasteiger charge is -2.15. The number of hydrogen-bond acceptors (Lipinski definition) is 4. The van der Waals surface area contributed by atoms with Crippen LogP contribution in [-0.2, 0) is 21.2 Å². The van der Waals surface area contributed by atoms with Gasteiger partial charge in [0.2, 0.25) is 15.9 Å². The van der Waals surface area contributed by atoms with Crippen LogP contribution in [0.5, 0.6) is 5.75 Å². The molecule has 2 rings (SSSR count). The number of nitrogens with one attached hydrogen (secondary N) is 1. The third kappa shape index (κ3) is 3.71. The van der Waals surface area contributed by atoms with Gasteiger partial charge >= 0.3 is 0 Å². The summed E-state index contributed by atoms with van der Waals surface area (Å²) in [6, 6.07) is 7.74. The second kappa shape index (κ2) is 5.80. The highest BCUT2D eigenvalue weighted by atomic mass is 32.2. The van der Waals surface area contributed by atoms with Crippen LogP contribution in [0.3, 0.4) is 0 Å². The van der Waals surface area contributed by atoms with E-state index in [4.69, 9.17) is 4.74 Å². The summed E-state index contributed by atoms with van der Waals surface area (Å²) in [7, 11) is -1.97. The number of rotatable bonds is 5. The first-order valence-electron chi connectivity index (χ1n) is 6.29. The van der Waals surface area contributed by atoms with Gasteiger partial charge in [0.05, 0.1) is 19.3 Å². The molecule has 0 aromatic heterocycles. The van der Waals surface area contributed by atoms with E-state index in [1.54, 1.807) is 0 Å². The zero-order valence-corrected chi connectivity index (χ0v) is 12.3. The van der Waals surface area contributed by atoms with Crippen molar-refractivity contribution in [1.29, 1.82) is 0 Å². The highest BCUT2D eigenvalue weighted by Crippen LogP contribution is 2.27. The fourth-order valence-corrected chi connectivity index (χ4v) is 2.32. The average Bonchev–Trinajstić information content (AvgIpc) is 2.78. The maximum absolute atomic E-state index is 11.7. The molecule has 0 saturated heterocycles. The first-order chi connectivity index (χ1) is 9.36. The zero-order chi connectivity index (χ0) is 14.8. The first-order valence-corrected chi connectivity index (χ1v) is 8.13. The summed E-state index contributed by atoms with van der Waals surface area (Å²) >= 11 is 0. The van der Waals surface area contributed by atoms with Gasteiger partial charge in [-0.05, 0) is 11.6 Å². The number of hydrogen-bond donors (Lipinski definition) is 1. The highest BCUT2D eigenvalue weighted by Gasteiger charge is 2.23. The number of sulfonamides is 1. The molecule has 0 radical (unpaired) electrons. The minimum Gasteiger partial charge on any atom is -0.488 e. The van der Waals surface area contributed by atoms with Crippen molar-refractivity contribution in [2.24, 2.45) is 0 Å².